The molecule has 22 heavy (non-hydrogen) atoms. The minimum absolute atomic E-state index is 0.0440. The van der Waals surface area contributed by atoms with E-state index in [4.69, 9.17) is 4.74 Å². The van der Waals surface area contributed by atoms with Gasteiger partial charge in [0.05, 0.1) is 6.04 Å². The van der Waals surface area contributed by atoms with E-state index in [-0.39, 0.29) is 12.2 Å². The van der Waals surface area contributed by atoms with Crippen LogP contribution in [-0.4, -0.2) is 78.5 Å². The third-order valence-corrected chi connectivity index (χ3v) is 5.82. The highest BCUT2D eigenvalue weighted by molar-refractivity contribution is 5.71. The third kappa shape index (κ3) is 2.72. The molecule has 4 aliphatic rings. The molecule has 124 valence electrons. The van der Waals surface area contributed by atoms with E-state index in [9.17, 15) is 4.79 Å². The minimum Gasteiger partial charge on any atom is -0.444 e. The quantitative estimate of drug-likeness (QED) is 0.826. The molecule has 0 radical (unpaired) electrons. The summed E-state index contributed by atoms with van der Waals surface area (Å²) in [6.07, 6.45) is 6.95. The third-order valence-electron chi connectivity index (χ3n) is 5.82. The van der Waals surface area contributed by atoms with Gasteiger partial charge in [0.2, 0.25) is 0 Å². The summed E-state index contributed by atoms with van der Waals surface area (Å²) < 4.78 is 5.63. The molecule has 2 unspecified atom stereocenters. The van der Waals surface area contributed by atoms with Crippen LogP contribution in [0.1, 0.15) is 38.5 Å². The van der Waals surface area contributed by atoms with Crippen molar-refractivity contribution in [2.75, 3.05) is 39.3 Å². The lowest BCUT2D eigenvalue weighted by atomic mass is 9.90. The summed E-state index contributed by atoms with van der Waals surface area (Å²) in [5.74, 6) is 0. The van der Waals surface area contributed by atoms with Crippen LogP contribution in [0.2, 0.25) is 0 Å². The lowest BCUT2D eigenvalue weighted by molar-refractivity contribution is -0.0608. The Morgan fingerprint density at radius 1 is 0.909 bits per heavy atom. The number of ether oxygens (including phenoxy) is 1. The van der Waals surface area contributed by atoms with Crippen molar-refractivity contribution >= 4 is 6.09 Å². The zero-order valence-corrected chi connectivity index (χ0v) is 13.4. The van der Waals surface area contributed by atoms with E-state index in [2.05, 4.69) is 20.2 Å². The maximum atomic E-state index is 12.3. The van der Waals surface area contributed by atoms with E-state index >= 15 is 0 Å². The number of hydrazine groups is 1. The van der Waals surface area contributed by atoms with Gasteiger partial charge in [0.25, 0.3) is 0 Å². The van der Waals surface area contributed by atoms with Crippen molar-refractivity contribution in [2.45, 2.75) is 56.7 Å². The molecule has 0 aromatic rings. The van der Waals surface area contributed by atoms with Crippen molar-refractivity contribution in [3.05, 3.63) is 0 Å². The molecular weight excluding hydrogens is 280 g/mol. The van der Waals surface area contributed by atoms with Crippen LogP contribution in [0, 0.1) is 0 Å². The van der Waals surface area contributed by atoms with Crippen molar-refractivity contribution in [3.63, 3.8) is 0 Å². The Labute approximate surface area is 132 Å². The van der Waals surface area contributed by atoms with Crippen LogP contribution in [0.5, 0.6) is 0 Å². The summed E-state index contributed by atoms with van der Waals surface area (Å²) >= 11 is 0. The second kappa shape index (κ2) is 6.34. The number of nitrogens with one attached hydrogen (secondary N) is 1. The van der Waals surface area contributed by atoms with Crippen molar-refractivity contribution in [3.8, 4) is 0 Å². The molecule has 2 atom stereocenters. The first-order chi connectivity index (χ1) is 10.8. The largest absolute Gasteiger partial charge is 0.444 e. The van der Waals surface area contributed by atoms with Crippen LogP contribution in [0.15, 0.2) is 0 Å². The summed E-state index contributed by atoms with van der Waals surface area (Å²) in [5.41, 5.74) is 0. The molecule has 6 nitrogen and oxygen atoms in total. The lowest BCUT2D eigenvalue weighted by Crippen LogP contribution is -2.57. The van der Waals surface area contributed by atoms with Gasteiger partial charge in [-0.05, 0) is 32.1 Å². The highest BCUT2D eigenvalue weighted by atomic mass is 16.6. The fraction of sp³-hybridized carbons (Fsp3) is 0.938. The fourth-order valence-electron chi connectivity index (χ4n) is 4.63. The summed E-state index contributed by atoms with van der Waals surface area (Å²) in [4.78, 5) is 14.4. The van der Waals surface area contributed by atoms with Crippen LogP contribution in [-0.2, 0) is 4.74 Å². The van der Waals surface area contributed by atoms with Gasteiger partial charge in [0, 0.05) is 45.3 Å². The molecule has 3 saturated heterocycles. The van der Waals surface area contributed by atoms with Gasteiger partial charge < -0.3 is 10.1 Å². The predicted molar refractivity (Wildman–Crippen MR) is 83.4 cm³/mol. The van der Waals surface area contributed by atoms with E-state index in [1.165, 1.54) is 12.8 Å². The number of piperidine rings is 1. The molecule has 0 aromatic heterocycles. The first kappa shape index (κ1) is 14.7. The lowest BCUT2D eigenvalue weighted by Gasteiger charge is -2.44. The molecule has 1 aliphatic carbocycles. The van der Waals surface area contributed by atoms with Crippen molar-refractivity contribution < 1.29 is 9.53 Å². The Morgan fingerprint density at radius 2 is 1.59 bits per heavy atom. The highest BCUT2D eigenvalue weighted by Crippen LogP contribution is 2.35. The molecule has 0 aromatic carbocycles. The molecule has 1 amide bonds. The van der Waals surface area contributed by atoms with Gasteiger partial charge in [0.15, 0.2) is 0 Å². The fourth-order valence-corrected chi connectivity index (χ4v) is 4.63. The molecule has 1 saturated carbocycles. The highest BCUT2D eigenvalue weighted by Gasteiger charge is 2.46. The maximum absolute atomic E-state index is 12.3. The standard InChI is InChI=1S/C16H28N4O2/c21-16-20(14-3-1-2-4-15(14)22-16)13-5-9-18(10-6-13)19-11-7-17-8-12-19/h13-15,17H,1-12H2. The van der Waals surface area contributed by atoms with Gasteiger partial charge in [-0.1, -0.05) is 6.42 Å². The number of fused-ring (bicyclic) bond motifs is 1. The van der Waals surface area contributed by atoms with Crippen LogP contribution < -0.4 is 5.32 Å². The Bertz CT molecular complexity index is 405. The molecule has 4 rings (SSSR count). The normalized spacial score (nSPS) is 35.5. The number of hydrogen-bond acceptors (Lipinski definition) is 5. The van der Waals surface area contributed by atoms with E-state index in [1.807, 2.05) is 0 Å². The maximum Gasteiger partial charge on any atom is 0.410 e. The summed E-state index contributed by atoms with van der Waals surface area (Å²) in [7, 11) is 0. The Balaban J connectivity index is 1.35. The number of piperazine rings is 1. The minimum atomic E-state index is -0.0440. The number of hydrogen-bond donors (Lipinski definition) is 1. The summed E-state index contributed by atoms with van der Waals surface area (Å²) in [5, 5.41) is 8.39. The average Bonchev–Trinajstić information content (AvgIpc) is 2.91. The van der Waals surface area contributed by atoms with Gasteiger partial charge >= 0.3 is 6.09 Å². The SMILES string of the molecule is O=C1OC2CCCCC2N1C1CCN(N2CCNCC2)CC1. The molecule has 1 N–H and O–H groups in total. The van der Waals surface area contributed by atoms with Crippen molar-refractivity contribution in [2.24, 2.45) is 0 Å². The van der Waals surface area contributed by atoms with Crippen molar-refractivity contribution in [1.29, 1.82) is 0 Å². The molecule has 3 heterocycles. The first-order valence-electron chi connectivity index (χ1n) is 9.02. The number of nitrogens with zero attached hydrogens (tertiary/aromatic N) is 3. The second-order valence-corrected chi connectivity index (χ2v) is 7.07. The smallest absolute Gasteiger partial charge is 0.410 e. The molecule has 6 heteroatoms. The van der Waals surface area contributed by atoms with E-state index in [1.54, 1.807) is 0 Å². The number of carbonyl (C=O) groups is 1. The Morgan fingerprint density at radius 3 is 2.36 bits per heavy atom. The van der Waals surface area contributed by atoms with Crippen LogP contribution in [0.4, 0.5) is 4.79 Å². The number of rotatable bonds is 2. The zero-order chi connectivity index (χ0) is 14.9. The van der Waals surface area contributed by atoms with E-state index in [0.717, 1.165) is 65.0 Å². The van der Waals surface area contributed by atoms with Crippen LogP contribution in [0.3, 0.4) is 0 Å². The number of carbonyl (C=O) groups excluding carboxylic acids is 1. The Hall–Kier alpha value is -0.850. The molecular formula is C16H28N4O2. The van der Waals surface area contributed by atoms with Crippen LogP contribution >= 0.6 is 0 Å². The summed E-state index contributed by atoms with van der Waals surface area (Å²) in [6, 6.07) is 0.747. The summed E-state index contributed by atoms with van der Waals surface area (Å²) in [6.45, 7) is 6.55. The molecule has 0 bridgehead atoms. The zero-order valence-electron chi connectivity index (χ0n) is 13.4. The molecule has 4 fully saturated rings. The van der Waals surface area contributed by atoms with Crippen molar-refractivity contribution in [1.82, 2.24) is 20.2 Å². The second-order valence-electron chi connectivity index (χ2n) is 7.07. The van der Waals surface area contributed by atoms with Gasteiger partial charge in [-0.3, -0.25) is 4.90 Å². The van der Waals surface area contributed by atoms with E-state index in [0.29, 0.717) is 12.1 Å². The van der Waals surface area contributed by atoms with Gasteiger partial charge in [-0.25, -0.2) is 14.8 Å². The van der Waals surface area contributed by atoms with Gasteiger partial charge in [-0.15, -0.1) is 0 Å². The molecule has 3 aliphatic heterocycles. The first-order valence-corrected chi connectivity index (χ1v) is 9.02. The monoisotopic (exact) mass is 308 g/mol. The van der Waals surface area contributed by atoms with E-state index < -0.39 is 0 Å². The van der Waals surface area contributed by atoms with Crippen LogP contribution in [0.25, 0.3) is 0 Å². The topological polar surface area (TPSA) is 48.1 Å². The predicted octanol–water partition coefficient (Wildman–Crippen LogP) is 1.03. The van der Waals surface area contributed by atoms with Gasteiger partial charge in [0.1, 0.15) is 6.10 Å². The average molecular weight is 308 g/mol. The van der Waals surface area contributed by atoms with Gasteiger partial charge in [-0.2, -0.15) is 0 Å². The Kier molecular flexibility index (Phi) is 4.24. The molecule has 0 spiro atoms. The number of amides is 1.